The Morgan fingerprint density at radius 2 is 1.76 bits per heavy atom. The van der Waals surface area contributed by atoms with Gasteiger partial charge in [0.2, 0.25) is 5.91 Å². The monoisotopic (exact) mass is 313 g/mol. The fraction of sp³-hybridized carbons (Fsp3) is 0.133. The SMILES string of the molecule is O=C(Cc1ccc(C(F)(F)F)cc1)Nc1cccc(Cl)c1. The van der Waals surface area contributed by atoms with Crippen LogP contribution in [0.25, 0.3) is 0 Å². The van der Waals surface area contributed by atoms with Crippen LogP contribution in [0.1, 0.15) is 11.1 Å². The standard InChI is InChI=1S/C15H11ClF3NO/c16-12-2-1-3-13(9-12)20-14(21)8-10-4-6-11(7-5-10)15(17,18)19/h1-7,9H,8H2,(H,20,21). The molecule has 0 heterocycles. The van der Waals surface area contributed by atoms with E-state index in [4.69, 9.17) is 11.6 Å². The quantitative estimate of drug-likeness (QED) is 0.885. The van der Waals surface area contributed by atoms with Crippen LogP contribution >= 0.6 is 11.6 Å². The number of hydrogen-bond donors (Lipinski definition) is 1. The van der Waals surface area contributed by atoms with Crippen LogP contribution in [0.3, 0.4) is 0 Å². The van der Waals surface area contributed by atoms with Crippen molar-refractivity contribution >= 4 is 23.2 Å². The van der Waals surface area contributed by atoms with E-state index in [1.165, 1.54) is 12.1 Å². The molecule has 1 N–H and O–H groups in total. The molecule has 110 valence electrons. The van der Waals surface area contributed by atoms with Crippen molar-refractivity contribution in [2.24, 2.45) is 0 Å². The van der Waals surface area contributed by atoms with E-state index in [0.717, 1.165) is 12.1 Å². The molecule has 2 aromatic rings. The van der Waals surface area contributed by atoms with E-state index in [2.05, 4.69) is 5.32 Å². The van der Waals surface area contributed by atoms with E-state index in [1.54, 1.807) is 24.3 Å². The number of anilines is 1. The molecule has 0 aliphatic carbocycles. The zero-order chi connectivity index (χ0) is 15.5. The summed E-state index contributed by atoms with van der Waals surface area (Å²) in [5.74, 6) is -0.322. The molecule has 2 nitrogen and oxygen atoms in total. The lowest BCUT2D eigenvalue weighted by Gasteiger charge is -2.08. The summed E-state index contributed by atoms with van der Waals surface area (Å²) in [5.41, 5.74) is 0.309. The second-order valence-electron chi connectivity index (χ2n) is 4.43. The van der Waals surface area contributed by atoms with Gasteiger partial charge in [-0.05, 0) is 35.9 Å². The second kappa shape index (κ2) is 6.18. The number of alkyl halides is 3. The fourth-order valence-electron chi connectivity index (χ4n) is 1.77. The second-order valence-corrected chi connectivity index (χ2v) is 4.87. The third-order valence-corrected chi connectivity index (χ3v) is 2.99. The molecule has 0 spiro atoms. The Labute approximate surface area is 124 Å². The minimum absolute atomic E-state index is 0.00928. The average Bonchev–Trinajstić information content (AvgIpc) is 2.38. The van der Waals surface area contributed by atoms with Crippen molar-refractivity contribution in [3.63, 3.8) is 0 Å². The molecule has 0 radical (unpaired) electrons. The van der Waals surface area contributed by atoms with Gasteiger partial charge in [-0.2, -0.15) is 13.2 Å². The Balaban J connectivity index is 2.00. The molecule has 1 amide bonds. The van der Waals surface area contributed by atoms with Gasteiger partial charge in [0, 0.05) is 10.7 Å². The van der Waals surface area contributed by atoms with Gasteiger partial charge in [0.15, 0.2) is 0 Å². The smallest absolute Gasteiger partial charge is 0.326 e. The molecule has 21 heavy (non-hydrogen) atoms. The highest BCUT2D eigenvalue weighted by atomic mass is 35.5. The minimum Gasteiger partial charge on any atom is -0.326 e. The van der Waals surface area contributed by atoms with Gasteiger partial charge in [0.05, 0.1) is 12.0 Å². The zero-order valence-corrected chi connectivity index (χ0v) is 11.5. The third kappa shape index (κ3) is 4.49. The van der Waals surface area contributed by atoms with Crippen molar-refractivity contribution in [3.8, 4) is 0 Å². The van der Waals surface area contributed by atoms with Crippen LogP contribution < -0.4 is 5.32 Å². The first-order valence-corrected chi connectivity index (χ1v) is 6.44. The maximum Gasteiger partial charge on any atom is 0.416 e. The number of hydrogen-bond acceptors (Lipinski definition) is 1. The predicted octanol–water partition coefficient (Wildman–Crippen LogP) is 4.54. The summed E-state index contributed by atoms with van der Waals surface area (Å²) >= 11 is 5.79. The van der Waals surface area contributed by atoms with Crippen molar-refractivity contribution in [3.05, 3.63) is 64.7 Å². The van der Waals surface area contributed by atoms with Gasteiger partial charge in [-0.25, -0.2) is 0 Å². The van der Waals surface area contributed by atoms with Gasteiger partial charge >= 0.3 is 6.18 Å². The molecule has 0 fully saturated rings. The van der Waals surface area contributed by atoms with E-state index in [0.29, 0.717) is 16.3 Å². The largest absolute Gasteiger partial charge is 0.416 e. The van der Waals surface area contributed by atoms with E-state index in [1.807, 2.05) is 0 Å². The Hall–Kier alpha value is -2.01. The summed E-state index contributed by atoms with van der Waals surface area (Å²) < 4.78 is 37.2. The highest BCUT2D eigenvalue weighted by Crippen LogP contribution is 2.29. The number of carbonyl (C=O) groups excluding carboxylic acids is 1. The molecule has 0 saturated heterocycles. The molecular formula is C15H11ClF3NO. The summed E-state index contributed by atoms with van der Waals surface area (Å²) in [6, 6.07) is 11.1. The van der Waals surface area contributed by atoms with Gasteiger partial charge in [-0.3, -0.25) is 4.79 Å². The van der Waals surface area contributed by atoms with Crippen molar-refractivity contribution in [2.45, 2.75) is 12.6 Å². The zero-order valence-electron chi connectivity index (χ0n) is 10.7. The Morgan fingerprint density at radius 1 is 1.10 bits per heavy atom. The van der Waals surface area contributed by atoms with Gasteiger partial charge in [0.25, 0.3) is 0 Å². The van der Waals surface area contributed by atoms with Crippen LogP contribution in [0.2, 0.25) is 5.02 Å². The Kier molecular flexibility index (Phi) is 4.53. The number of amides is 1. The van der Waals surface area contributed by atoms with Crippen LogP contribution in [0.5, 0.6) is 0 Å². The third-order valence-electron chi connectivity index (χ3n) is 2.75. The molecule has 2 aromatic carbocycles. The molecule has 0 saturated carbocycles. The van der Waals surface area contributed by atoms with Crippen molar-refractivity contribution in [2.75, 3.05) is 5.32 Å². The number of carbonyl (C=O) groups is 1. The Bertz CT molecular complexity index is 638. The number of rotatable bonds is 3. The van der Waals surface area contributed by atoms with E-state index < -0.39 is 11.7 Å². The van der Waals surface area contributed by atoms with E-state index >= 15 is 0 Å². The summed E-state index contributed by atoms with van der Waals surface area (Å²) in [6.45, 7) is 0. The highest BCUT2D eigenvalue weighted by Gasteiger charge is 2.29. The van der Waals surface area contributed by atoms with Crippen molar-refractivity contribution < 1.29 is 18.0 Å². The summed E-state index contributed by atoms with van der Waals surface area (Å²) in [5, 5.41) is 3.12. The minimum atomic E-state index is -4.37. The predicted molar refractivity (Wildman–Crippen MR) is 75.2 cm³/mol. The fourth-order valence-corrected chi connectivity index (χ4v) is 1.96. The summed E-state index contributed by atoms with van der Waals surface area (Å²) in [7, 11) is 0. The lowest BCUT2D eigenvalue weighted by molar-refractivity contribution is -0.137. The Morgan fingerprint density at radius 3 is 2.33 bits per heavy atom. The molecule has 6 heteroatoms. The first kappa shape index (κ1) is 15.4. The summed E-state index contributed by atoms with van der Waals surface area (Å²) in [6.07, 6.45) is -4.38. The number of halogens is 4. The highest BCUT2D eigenvalue weighted by molar-refractivity contribution is 6.30. The van der Waals surface area contributed by atoms with Crippen LogP contribution in [-0.4, -0.2) is 5.91 Å². The molecule has 2 rings (SSSR count). The normalized spacial score (nSPS) is 11.2. The van der Waals surface area contributed by atoms with Crippen LogP contribution in [-0.2, 0) is 17.4 Å². The first-order valence-electron chi connectivity index (χ1n) is 6.06. The van der Waals surface area contributed by atoms with Gasteiger partial charge < -0.3 is 5.32 Å². The van der Waals surface area contributed by atoms with Crippen molar-refractivity contribution in [1.29, 1.82) is 0 Å². The number of benzene rings is 2. The molecular weight excluding hydrogens is 303 g/mol. The molecule has 0 bridgehead atoms. The maximum atomic E-state index is 12.4. The molecule has 0 aliphatic rings. The van der Waals surface area contributed by atoms with Crippen molar-refractivity contribution in [1.82, 2.24) is 0 Å². The average molecular weight is 314 g/mol. The lowest BCUT2D eigenvalue weighted by Crippen LogP contribution is -2.14. The molecule has 0 aromatic heterocycles. The van der Waals surface area contributed by atoms with Gasteiger partial charge in [-0.15, -0.1) is 0 Å². The van der Waals surface area contributed by atoms with Crippen LogP contribution in [0.15, 0.2) is 48.5 Å². The van der Waals surface area contributed by atoms with E-state index in [-0.39, 0.29) is 12.3 Å². The van der Waals surface area contributed by atoms with Crippen LogP contribution in [0, 0.1) is 0 Å². The van der Waals surface area contributed by atoms with Crippen LogP contribution in [0.4, 0.5) is 18.9 Å². The lowest BCUT2D eigenvalue weighted by atomic mass is 10.1. The summed E-state index contributed by atoms with van der Waals surface area (Å²) in [4.78, 5) is 11.8. The first-order chi connectivity index (χ1) is 9.84. The number of nitrogens with one attached hydrogen (secondary N) is 1. The molecule has 0 atom stereocenters. The van der Waals surface area contributed by atoms with Gasteiger partial charge in [-0.1, -0.05) is 29.8 Å². The molecule has 0 unspecified atom stereocenters. The van der Waals surface area contributed by atoms with Gasteiger partial charge in [0.1, 0.15) is 0 Å². The maximum absolute atomic E-state index is 12.4. The topological polar surface area (TPSA) is 29.1 Å². The van der Waals surface area contributed by atoms with E-state index in [9.17, 15) is 18.0 Å². The molecule has 0 aliphatic heterocycles.